The third kappa shape index (κ3) is 4.52. The summed E-state index contributed by atoms with van der Waals surface area (Å²) in [6.07, 6.45) is 0.897. The van der Waals surface area contributed by atoms with E-state index in [1.54, 1.807) is 12.1 Å². The molecule has 1 unspecified atom stereocenters. The summed E-state index contributed by atoms with van der Waals surface area (Å²) in [5.41, 5.74) is 0.136. The molecule has 2 rings (SSSR count). The van der Waals surface area contributed by atoms with Crippen LogP contribution in [0.3, 0.4) is 0 Å². The van der Waals surface area contributed by atoms with Crippen LogP contribution in [0.1, 0.15) is 45.3 Å². The SMILES string of the molecule is CC(C)(C)OC(=O)[C@@H]1CCCN1CC(O)c1ccc(F)cc1. The number of halogens is 1. The average Bonchev–Trinajstić information content (AvgIpc) is 2.85. The van der Waals surface area contributed by atoms with Gasteiger partial charge in [-0.2, -0.15) is 0 Å². The molecule has 22 heavy (non-hydrogen) atoms. The van der Waals surface area contributed by atoms with Gasteiger partial charge in [-0.05, 0) is 57.9 Å². The molecule has 1 heterocycles. The van der Waals surface area contributed by atoms with Gasteiger partial charge >= 0.3 is 5.97 Å². The highest BCUT2D eigenvalue weighted by Crippen LogP contribution is 2.24. The second kappa shape index (κ2) is 6.75. The molecular formula is C17H24FNO3. The van der Waals surface area contributed by atoms with E-state index in [0.717, 1.165) is 19.4 Å². The highest BCUT2D eigenvalue weighted by molar-refractivity contribution is 5.76. The first kappa shape index (κ1) is 16.9. The van der Waals surface area contributed by atoms with Crippen LogP contribution >= 0.6 is 0 Å². The second-order valence-corrected chi connectivity index (χ2v) is 6.75. The molecule has 5 heteroatoms. The minimum Gasteiger partial charge on any atom is -0.459 e. The van der Waals surface area contributed by atoms with Crippen molar-refractivity contribution >= 4 is 5.97 Å². The Morgan fingerprint density at radius 3 is 2.64 bits per heavy atom. The molecule has 0 saturated carbocycles. The monoisotopic (exact) mass is 309 g/mol. The summed E-state index contributed by atoms with van der Waals surface area (Å²) in [4.78, 5) is 14.2. The number of benzene rings is 1. The zero-order valence-corrected chi connectivity index (χ0v) is 13.4. The van der Waals surface area contributed by atoms with Crippen molar-refractivity contribution in [1.82, 2.24) is 4.90 Å². The Hall–Kier alpha value is -1.46. The molecule has 1 aliphatic rings. The van der Waals surface area contributed by atoms with Crippen LogP contribution in [0, 0.1) is 5.82 Å². The first-order valence-corrected chi connectivity index (χ1v) is 7.67. The van der Waals surface area contributed by atoms with Gasteiger partial charge in [0.1, 0.15) is 17.5 Å². The predicted molar refractivity (Wildman–Crippen MR) is 81.8 cm³/mol. The normalized spacial score (nSPS) is 20.9. The molecule has 1 aromatic rings. The fraction of sp³-hybridized carbons (Fsp3) is 0.588. The average molecular weight is 309 g/mol. The topological polar surface area (TPSA) is 49.8 Å². The number of rotatable bonds is 4. The number of ether oxygens (including phenoxy) is 1. The van der Waals surface area contributed by atoms with Crippen molar-refractivity contribution in [3.8, 4) is 0 Å². The van der Waals surface area contributed by atoms with E-state index in [0.29, 0.717) is 12.1 Å². The van der Waals surface area contributed by atoms with Crippen LogP contribution in [0.15, 0.2) is 24.3 Å². The number of aliphatic hydroxyl groups excluding tert-OH is 1. The van der Waals surface area contributed by atoms with Gasteiger partial charge in [-0.1, -0.05) is 12.1 Å². The molecule has 1 fully saturated rings. The standard InChI is InChI=1S/C17H24FNO3/c1-17(2,3)22-16(21)14-5-4-10-19(14)11-15(20)12-6-8-13(18)9-7-12/h6-9,14-15,20H,4-5,10-11H2,1-3H3/t14-,15?/m0/s1. The molecule has 0 radical (unpaired) electrons. The van der Waals surface area contributed by atoms with Crippen LogP contribution in [0.4, 0.5) is 4.39 Å². The molecule has 2 atom stereocenters. The van der Waals surface area contributed by atoms with Gasteiger partial charge in [-0.15, -0.1) is 0 Å². The summed E-state index contributed by atoms with van der Waals surface area (Å²) in [5, 5.41) is 10.3. The molecular weight excluding hydrogens is 285 g/mol. The first-order chi connectivity index (χ1) is 10.3. The van der Waals surface area contributed by atoms with Crippen molar-refractivity contribution in [1.29, 1.82) is 0 Å². The maximum atomic E-state index is 12.9. The molecule has 1 saturated heterocycles. The summed E-state index contributed by atoms with van der Waals surface area (Å²) < 4.78 is 18.4. The third-order valence-corrected chi connectivity index (χ3v) is 3.70. The minimum atomic E-state index is -0.747. The van der Waals surface area contributed by atoms with Crippen LogP contribution in [0.2, 0.25) is 0 Å². The van der Waals surface area contributed by atoms with E-state index in [4.69, 9.17) is 4.74 Å². The zero-order valence-electron chi connectivity index (χ0n) is 13.4. The number of hydrogen-bond acceptors (Lipinski definition) is 4. The maximum absolute atomic E-state index is 12.9. The Kier molecular flexibility index (Phi) is 5.19. The fourth-order valence-electron chi connectivity index (χ4n) is 2.69. The molecule has 1 aliphatic heterocycles. The van der Waals surface area contributed by atoms with Crippen molar-refractivity contribution < 1.29 is 19.0 Å². The van der Waals surface area contributed by atoms with Crippen LogP contribution in [0.5, 0.6) is 0 Å². The van der Waals surface area contributed by atoms with E-state index in [2.05, 4.69) is 0 Å². The lowest BCUT2D eigenvalue weighted by molar-refractivity contribution is -0.160. The van der Waals surface area contributed by atoms with Crippen LogP contribution in [-0.2, 0) is 9.53 Å². The van der Waals surface area contributed by atoms with E-state index in [9.17, 15) is 14.3 Å². The number of aliphatic hydroxyl groups is 1. The molecule has 0 aromatic heterocycles. The highest BCUT2D eigenvalue weighted by atomic mass is 19.1. The number of nitrogens with zero attached hydrogens (tertiary/aromatic N) is 1. The number of carbonyl (C=O) groups excluding carboxylic acids is 1. The Bertz CT molecular complexity index is 510. The molecule has 0 bridgehead atoms. The molecule has 122 valence electrons. The summed E-state index contributed by atoms with van der Waals surface area (Å²) in [6.45, 7) is 6.63. The van der Waals surface area contributed by atoms with Crippen molar-refractivity contribution in [2.24, 2.45) is 0 Å². The third-order valence-electron chi connectivity index (χ3n) is 3.70. The molecule has 0 spiro atoms. The number of esters is 1. The second-order valence-electron chi connectivity index (χ2n) is 6.75. The maximum Gasteiger partial charge on any atom is 0.323 e. The minimum absolute atomic E-state index is 0.240. The van der Waals surface area contributed by atoms with E-state index >= 15 is 0 Å². The van der Waals surface area contributed by atoms with E-state index < -0.39 is 11.7 Å². The smallest absolute Gasteiger partial charge is 0.323 e. The van der Waals surface area contributed by atoms with Crippen molar-refractivity contribution in [3.05, 3.63) is 35.6 Å². The Morgan fingerprint density at radius 2 is 2.05 bits per heavy atom. The van der Waals surface area contributed by atoms with Gasteiger partial charge in [-0.3, -0.25) is 9.69 Å². The van der Waals surface area contributed by atoms with Crippen LogP contribution < -0.4 is 0 Å². The Morgan fingerprint density at radius 1 is 1.41 bits per heavy atom. The van der Waals surface area contributed by atoms with Gasteiger partial charge in [-0.25, -0.2) is 4.39 Å². The van der Waals surface area contributed by atoms with Gasteiger partial charge in [0.15, 0.2) is 0 Å². The lowest BCUT2D eigenvalue weighted by Gasteiger charge is -2.28. The van der Waals surface area contributed by atoms with Gasteiger partial charge in [0, 0.05) is 6.54 Å². The van der Waals surface area contributed by atoms with Crippen molar-refractivity contribution in [3.63, 3.8) is 0 Å². The Labute approximate surface area is 130 Å². The number of β-amino-alcohol motifs (C(OH)–C–C–N with tert-alkyl or cyclic N) is 1. The molecule has 1 N–H and O–H groups in total. The number of hydrogen-bond donors (Lipinski definition) is 1. The molecule has 1 aromatic carbocycles. The lowest BCUT2D eigenvalue weighted by atomic mass is 10.1. The summed E-state index contributed by atoms with van der Waals surface area (Å²) in [5.74, 6) is -0.569. The van der Waals surface area contributed by atoms with Gasteiger partial charge in [0.05, 0.1) is 6.10 Å². The van der Waals surface area contributed by atoms with Gasteiger partial charge in [0.25, 0.3) is 0 Å². The predicted octanol–water partition coefficient (Wildman–Crippen LogP) is 2.67. The van der Waals surface area contributed by atoms with E-state index in [1.807, 2.05) is 25.7 Å². The van der Waals surface area contributed by atoms with Crippen molar-refractivity contribution in [2.45, 2.75) is 51.4 Å². The molecule has 0 aliphatic carbocycles. The largest absolute Gasteiger partial charge is 0.459 e. The summed E-state index contributed by atoms with van der Waals surface area (Å²) >= 11 is 0. The van der Waals surface area contributed by atoms with Crippen LogP contribution in [0.25, 0.3) is 0 Å². The fourth-order valence-corrected chi connectivity index (χ4v) is 2.69. The zero-order chi connectivity index (χ0) is 16.3. The van der Waals surface area contributed by atoms with Crippen LogP contribution in [-0.4, -0.2) is 40.7 Å². The highest BCUT2D eigenvalue weighted by Gasteiger charge is 2.35. The van der Waals surface area contributed by atoms with Gasteiger partial charge in [0.2, 0.25) is 0 Å². The number of carbonyl (C=O) groups is 1. The molecule has 4 nitrogen and oxygen atoms in total. The molecule has 0 amide bonds. The number of likely N-dealkylation sites (tertiary alicyclic amines) is 1. The van der Waals surface area contributed by atoms with E-state index in [-0.39, 0.29) is 17.8 Å². The van der Waals surface area contributed by atoms with E-state index in [1.165, 1.54) is 12.1 Å². The van der Waals surface area contributed by atoms with Crippen molar-refractivity contribution in [2.75, 3.05) is 13.1 Å². The first-order valence-electron chi connectivity index (χ1n) is 7.67. The summed E-state index contributed by atoms with van der Waals surface area (Å²) in [7, 11) is 0. The lowest BCUT2D eigenvalue weighted by Crippen LogP contribution is -2.42. The van der Waals surface area contributed by atoms with Gasteiger partial charge < -0.3 is 9.84 Å². The Balaban J connectivity index is 1.98. The quantitative estimate of drug-likeness (QED) is 0.869. The summed E-state index contributed by atoms with van der Waals surface area (Å²) in [6, 6.07) is 5.48.